The lowest BCUT2D eigenvalue weighted by molar-refractivity contribution is 0.873. The van der Waals surface area contributed by atoms with Crippen LogP contribution in [-0.4, -0.2) is 35.2 Å². The number of nitrogens with one attached hydrogen (secondary N) is 2. The van der Waals surface area contributed by atoms with Gasteiger partial charge in [0.25, 0.3) is 0 Å². The van der Waals surface area contributed by atoms with Crippen molar-refractivity contribution < 1.29 is 0 Å². The normalized spacial score (nSPS) is 11.2. The fourth-order valence-corrected chi connectivity index (χ4v) is 2.01. The summed E-state index contributed by atoms with van der Waals surface area (Å²) in [6.45, 7) is 6.59. The number of anilines is 1. The SMILES string of the molecule is CCc1cc(NCc2nn[nH]n2)n2nc(C)c(C)c2n1. The molecule has 0 aromatic carbocycles. The molecule has 3 aromatic rings. The second-order valence-electron chi connectivity index (χ2n) is 4.61. The van der Waals surface area contributed by atoms with E-state index in [-0.39, 0.29) is 0 Å². The highest BCUT2D eigenvalue weighted by atomic mass is 15.5. The molecule has 3 rings (SSSR count). The molecule has 0 bridgehead atoms. The Bertz CT molecular complexity index is 728. The van der Waals surface area contributed by atoms with Crippen molar-refractivity contribution >= 4 is 11.5 Å². The van der Waals surface area contributed by atoms with E-state index in [0.29, 0.717) is 12.4 Å². The Balaban J connectivity index is 2.01. The minimum Gasteiger partial charge on any atom is -0.362 e. The molecule has 3 heterocycles. The lowest BCUT2D eigenvalue weighted by atomic mass is 10.2. The number of rotatable bonds is 4. The Morgan fingerprint density at radius 3 is 2.90 bits per heavy atom. The third kappa shape index (κ3) is 2.09. The summed E-state index contributed by atoms with van der Waals surface area (Å²) in [7, 11) is 0. The minimum atomic E-state index is 0.483. The number of aryl methyl sites for hydroxylation is 3. The number of hydrogen-bond donors (Lipinski definition) is 2. The van der Waals surface area contributed by atoms with E-state index in [9.17, 15) is 0 Å². The summed E-state index contributed by atoms with van der Waals surface area (Å²) in [5, 5.41) is 21.6. The van der Waals surface area contributed by atoms with Gasteiger partial charge in [-0.25, -0.2) is 4.98 Å². The van der Waals surface area contributed by atoms with Crippen LogP contribution in [0, 0.1) is 13.8 Å². The molecule has 2 N–H and O–H groups in total. The zero-order valence-corrected chi connectivity index (χ0v) is 11.7. The van der Waals surface area contributed by atoms with E-state index >= 15 is 0 Å². The Morgan fingerprint density at radius 2 is 2.20 bits per heavy atom. The Morgan fingerprint density at radius 1 is 1.35 bits per heavy atom. The van der Waals surface area contributed by atoms with Gasteiger partial charge in [0.05, 0.1) is 12.2 Å². The quantitative estimate of drug-likeness (QED) is 0.736. The minimum absolute atomic E-state index is 0.483. The molecule has 8 heteroatoms. The van der Waals surface area contributed by atoms with Crippen molar-refractivity contribution in [2.45, 2.75) is 33.7 Å². The largest absolute Gasteiger partial charge is 0.362 e. The van der Waals surface area contributed by atoms with E-state index in [0.717, 1.165) is 34.8 Å². The fourth-order valence-electron chi connectivity index (χ4n) is 2.01. The molecule has 104 valence electrons. The summed E-state index contributed by atoms with van der Waals surface area (Å²) in [5.74, 6) is 1.49. The lowest BCUT2D eigenvalue weighted by Gasteiger charge is -2.08. The molecule has 0 spiro atoms. The molecule has 0 aliphatic rings. The predicted molar refractivity (Wildman–Crippen MR) is 73.3 cm³/mol. The van der Waals surface area contributed by atoms with Gasteiger partial charge in [-0.1, -0.05) is 12.1 Å². The number of H-pyrrole nitrogens is 1. The monoisotopic (exact) mass is 272 g/mol. The molecular weight excluding hydrogens is 256 g/mol. The summed E-state index contributed by atoms with van der Waals surface area (Å²) >= 11 is 0. The van der Waals surface area contributed by atoms with E-state index in [1.165, 1.54) is 0 Å². The second kappa shape index (κ2) is 4.87. The number of fused-ring (bicyclic) bond motifs is 1. The number of aromatic nitrogens is 7. The van der Waals surface area contributed by atoms with Crippen LogP contribution in [0.1, 0.15) is 29.7 Å². The van der Waals surface area contributed by atoms with Gasteiger partial charge in [-0.2, -0.15) is 14.8 Å². The van der Waals surface area contributed by atoms with Gasteiger partial charge in [0.15, 0.2) is 11.5 Å². The van der Waals surface area contributed by atoms with Crippen LogP contribution >= 0.6 is 0 Å². The smallest absolute Gasteiger partial charge is 0.193 e. The van der Waals surface area contributed by atoms with Crippen molar-refractivity contribution in [3.8, 4) is 0 Å². The summed E-state index contributed by atoms with van der Waals surface area (Å²) in [6, 6.07) is 2.00. The summed E-state index contributed by atoms with van der Waals surface area (Å²) in [6.07, 6.45) is 0.872. The molecule has 8 nitrogen and oxygen atoms in total. The first-order valence-electron chi connectivity index (χ1n) is 6.51. The van der Waals surface area contributed by atoms with Crippen molar-refractivity contribution in [1.29, 1.82) is 0 Å². The molecule has 0 unspecified atom stereocenters. The van der Waals surface area contributed by atoms with Crippen molar-refractivity contribution in [2.24, 2.45) is 0 Å². The van der Waals surface area contributed by atoms with Crippen molar-refractivity contribution in [3.63, 3.8) is 0 Å². The van der Waals surface area contributed by atoms with Gasteiger partial charge < -0.3 is 5.32 Å². The van der Waals surface area contributed by atoms with Crippen molar-refractivity contribution in [1.82, 2.24) is 35.2 Å². The van der Waals surface area contributed by atoms with Gasteiger partial charge in [0, 0.05) is 17.3 Å². The summed E-state index contributed by atoms with van der Waals surface area (Å²) in [5.41, 5.74) is 3.99. The molecule has 0 aliphatic heterocycles. The van der Waals surface area contributed by atoms with Crippen molar-refractivity contribution in [3.05, 3.63) is 28.8 Å². The average Bonchev–Trinajstić information content (AvgIpc) is 3.06. The first kappa shape index (κ1) is 12.5. The topological polar surface area (TPSA) is 96.7 Å². The predicted octanol–water partition coefficient (Wildman–Crippen LogP) is 1.03. The van der Waals surface area contributed by atoms with Crippen LogP contribution in [-0.2, 0) is 13.0 Å². The highest BCUT2D eigenvalue weighted by molar-refractivity contribution is 5.56. The van der Waals surface area contributed by atoms with E-state index < -0.39 is 0 Å². The molecule has 0 saturated heterocycles. The first-order valence-corrected chi connectivity index (χ1v) is 6.51. The van der Waals surface area contributed by atoms with Crippen LogP contribution in [0.5, 0.6) is 0 Å². The average molecular weight is 272 g/mol. The van der Waals surface area contributed by atoms with E-state index in [1.54, 1.807) is 0 Å². The van der Waals surface area contributed by atoms with Gasteiger partial charge >= 0.3 is 0 Å². The van der Waals surface area contributed by atoms with Gasteiger partial charge in [-0.3, -0.25) is 0 Å². The van der Waals surface area contributed by atoms with Crippen LogP contribution in [0.3, 0.4) is 0 Å². The molecule has 0 atom stereocenters. The number of tetrazole rings is 1. The van der Waals surface area contributed by atoms with Gasteiger partial charge in [0.1, 0.15) is 5.82 Å². The molecule has 0 aliphatic carbocycles. The van der Waals surface area contributed by atoms with Crippen LogP contribution in [0.15, 0.2) is 6.07 Å². The van der Waals surface area contributed by atoms with Crippen LogP contribution < -0.4 is 5.32 Å². The highest BCUT2D eigenvalue weighted by Gasteiger charge is 2.12. The maximum Gasteiger partial charge on any atom is 0.193 e. The van der Waals surface area contributed by atoms with Gasteiger partial charge in [-0.15, -0.1) is 10.2 Å². The number of hydrogen-bond acceptors (Lipinski definition) is 6. The van der Waals surface area contributed by atoms with E-state index in [4.69, 9.17) is 0 Å². The fraction of sp³-hybridized carbons (Fsp3) is 0.417. The van der Waals surface area contributed by atoms with Crippen LogP contribution in [0.4, 0.5) is 5.82 Å². The maximum atomic E-state index is 4.63. The molecule has 0 radical (unpaired) electrons. The highest BCUT2D eigenvalue weighted by Crippen LogP contribution is 2.19. The number of nitrogens with zero attached hydrogens (tertiary/aromatic N) is 6. The summed E-state index contributed by atoms with van der Waals surface area (Å²) < 4.78 is 1.82. The Kier molecular flexibility index (Phi) is 3.05. The third-order valence-electron chi connectivity index (χ3n) is 3.29. The number of aromatic amines is 1. The maximum absolute atomic E-state index is 4.63. The van der Waals surface area contributed by atoms with E-state index in [2.05, 4.69) is 42.9 Å². The molecule has 0 fully saturated rings. The summed E-state index contributed by atoms with van der Waals surface area (Å²) in [4.78, 5) is 4.63. The molecule has 0 saturated carbocycles. The molecular formula is C12H16N8. The molecule has 3 aromatic heterocycles. The standard InChI is InChI=1S/C12H16N8/c1-4-9-5-11(13-6-10-15-18-19-16-10)20-12(14-9)7(2)8(3)17-20/h5,13H,4,6H2,1-3H3,(H,15,16,18,19). The molecule has 20 heavy (non-hydrogen) atoms. The zero-order chi connectivity index (χ0) is 14.1. The third-order valence-corrected chi connectivity index (χ3v) is 3.29. The van der Waals surface area contributed by atoms with Gasteiger partial charge in [0.2, 0.25) is 0 Å². The van der Waals surface area contributed by atoms with Crippen molar-refractivity contribution in [2.75, 3.05) is 5.32 Å². The van der Waals surface area contributed by atoms with Crippen LogP contribution in [0.25, 0.3) is 5.65 Å². The zero-order valence-electron chi connectivity index (χ0n) is 11.7. The van der Waals surface area contributed by atoms with E-state index in [1.807, 2.05) is 24.4 Å². The Hall–Kier alpha value is -2.51. The van der Waals surface area contributed by atoms with Crippen LogP contribution in [0.2, 0.25) is 0 Å². The Labute approximate surface area is 115 Å². The molecule has 0 amide bonds. The first-order chi connectivity index (χ1) is 9.69. The second-order valence-corrected chi connectivity index (χ2v) is 4.61. The van der Waals surface area contributed by atoms with Gasteiger partial charge in [-0.05, 0) is 20.3 Å². The lowest BCUT2D eigenvalue weighted by Crippen LogP contribution is -2.08.